The molecular formula is C13H22BrN3O2. The molecule has 1 aromatic rings. The van der Waals surface area contributed by atoms with E-state index in [1.165, 1.54) is 0 Å². The van der Waals surface area contributed by atoms with Crippen LogP contribution in [0.5, 0.6) is 0 Å². The van der Waals surface area contributed by atoms with Crippen LogP contribution < -0.4 is 0 Å². The van der Waals surface area contributed by atoms with E-state index in [-0.39, 0.29) is 5.78 Å². The summed E-state index contributed by atoms with van der Waals surface area (Å²) < 4.78 is 7.87. The number of ketones is 1. The fraction of sp³-hybridized carbons (Fsp3) is 0.692. The molecule has 1 heterocycles. The summed E-state index contributed by atoms with van der Waals surface area (Å²) in [5, 5.41) is 4.23. The van der Waals surface area contributed by atoms with Crippen molar-refractivity contribution in [3.8, 4) is 0 Å². The van der Waals surface area contributed by atoms with E-state index in [2.05, 4.69) is 32.9 Å². The first-order chi connectivity index (χ1) is 9.06. The van der Waals surface area contributed by atoms with E-state index in [0.717, 1.165) is 17.4 Å². The first-order valence-corrected chi connectivity index (χ1v) is 7.32. The summed E-state index contributed by atoms with van der Waals surface area (Å²) in [5.74, 6) is 0.0687. The summed E-state index contributed by atoms with van der Waals surface area (Å²) in [7, 11) is 4.00. The van der Waals surface area contributed by atoms with Crippen molar-refractivity contribution in [1.82, 2.24) is 14.7 Å². The lowest BCUT2D eigenvalue weighted by atomic mass is 10.2. The van der Waals surface area contributed by atoms with E-state index >= 15 is 0 Å². The maximum absolute atomic E-state index is 12.2. The van der Waals surface area contributed by atoms with Crippen LogP contribution in [-0.4, -0.2) is 54.3 Å². The van der Waals surface area contributed by atoms with Gasteiger partial charge in [-0.15, -0.1) is 0 Å². The van der Waals surface area contributed by atoms with Gasteiger partial charge in [-0.3, -0.25) is 9.48 Å². The predicted octanol–water partition coefficient (Wildman–Crippen LogP) is 2.21. The molecule has 6 heteroatoms. The largest absolute Gasteiger partial charge is 0.381 e. The summed E-state index contributed by atoms with van der Waals surface area (Å²) in [6.45, 7) is 4.78. The highest BCUT2D eigenvalue weighted by Crippen LogP contribution is 2.18. The van der Waals surface area contributed by atoms with Crippen LogP contribution in [0.1, 0.15) is 30.3 Å². The van der Waals surface area contributed by atoms with Gasteiger partial charge in [0, 0.05) is 19.6 Å². The van der Waals surface area contributed by atoms with Crippen LogP contribution in [0.3, 0.4) is 0 Å². The van der Waals surface area contributed by atoms with Crippen LogP contribution in [0.15, 0.2) is 10.7 Å². The fourth-order valence-electron chi connectivity index (χ4n) is 1.63. The van der Waals surface area contributed by atoms with Crippen molar-refractivity contribution >= 4 is 21.7 Å². The van der Waals surface area contributed by atoms with E-state index in [0.29, 0.717) is 31.9 Å². The molecule has 0 fully saturated rings. The summed E-state index contributed by atoms with van der Waals surface area (Å²) in [4.78, 5) is 14.2. The maximum Gasteiger partial charge on any atom is 0.184 e. The van der Waals surface area contributed by atoms with Gasteiger partial charge in [0.2, 0.25) is 0 Å². The Balaban J connectivity index is 2.59. The second kappa shape index (κ2) is 8.45. The number of Topliss-reactive ketones (excluding diaryl/α,β-unsaturated/α-hetero) is 1. The van der Waals surface area contributed by atoms with E-state index in [4.69, 9.17) is 4.74 Å². The first-order valence-electron chi connectivity index (χ1n) is 6.53. The van der Waals surface area contributed by atoms with Crippen LogP contribution in [0.4, 0.5) is 0 Å². The van der Waals surface area contributed by atoms with E-state index in [1.54, 1.807) is 10.9 Å². The molecule has 0 atom stereocenters. The summed E-state index contributed by atoms with van der Waals surface area (Å²) in [6, 6.07) is 0. The van der Waals surface area contributed by atoms with Gasteiger partial charge in [-0.05, 0) is 36.4 Å². The van der Waals surface area contributed by atoms with Crippen molar-refractivity contribution in [3.05, 3.63) is 16.4 Å². The first kappa shape index (κ1) is 16.3. The average Bonchev–Trinajstić information content (AvgIpc) is 2.73. The van der Waals surface area contributed by atoms with Gasteiger partial charge < -0.3 is 9.64 Å². The van der Waals surface area contributed by atoms with Crippen molar-refractivity contribution in [2.75, 3.05) is 33.9 Å². The molecule has 0 N–H and O–H groups in total. The smallest absolute Gasteiger partial charge is 0.184 e. The Morgan fingerprint density at radius 2 is 2.21 bits per heavy atom. The highest BCUT2D eigenvalue weighted by molar-refractivity contribution is 9.10. The molecule has 108 valence electrons. The lowest BCUT2D eigenvalue weighted by Gasteiger charge is -2.11. The van der Waals surface area contributed by atoms with Gasteiger partial charge in [0.25, 0.3) is 0 Å². The molecule has 0 aromatic carbocycles. The minimum atomic E-state index is 0.0687. The van der Waals surface area contributed by atoms with Crippen LogP contribution in [0, 0.1) is 0 Å². The molecule has 0 radical (unpaired) electrons. The molecule has 1 rings (SSSR count). The Hall–Kier alpha value is -0.720. The molecule has 0 aliphatic heterocycles. The number of aromatic nitrogens is 2. The summed E-state index contributed by atoms with van der Waals surface area (Å²) >= 11 is 3.39. The number of carbonyl (C=O) groups excluding carboxylic acids is 1. The molecular weight excluding hydrogens is 310 g/mol. The summed E-state index contributed by atoms with van der Waals surface area (Å²) in [5.41, 5.74) is 0.641. The van der Waals surface area contributed by atoms with Crippen LogP contribution in [-0.2, 0) is 11.3 Å². The zero-order valence-electron chi connectivity index (χ0n) is 11.9. The van der Waals surface area contributed by atoms with Gasteiger partial charge >= 0.3 is 0 Å². The number of rotatable bonds is 9. The highest BCUT2D eigenvalue weighted by atomic mass is 79.9. The zero-order chi connectivity index (χ0) is 14.3. The molecule has 0 amide bonds. The van der Waals surface area contributed by atoms with Crippen molar-refractivity contribution in [2.24, 2.45) is 0 Å². The van der Waals surface area contributed by atoms with Gasteiger partial charge in [-0.1, -0.05) is 6.92 Å². The van der Waals surface area contributed by atoms with Gasteiger partial charge in [0.1, 0.15) is 5.69 Å². The van der Waals surface area contributed by atoms with Gasteiger partial charge in [0.15, 0.2) is 5.78 Å². The Morgan fingerprint density at radius 3 is 2.84 bits per heavy atom. The van der Waals surface area contributed by atoms with Crippen LogP contribution in [0.2, 0.25) is 0 Å². The number of nitrogens with zero attached hydrogens (tertiary/aromatic N) is 3. The number of hydrogen-bond donors (Lipinski definition) is 0. The standard InChI is InChI=1S/C13H22BrN3O2/c1-4-8-19-9-5-12(18)13-11(14)10-15-17(13)7-6-16(2)3/h10H,4-9H2,1-3H3. The Labute approximate surface area is 123 Å². The van der Waals surface area contributed by atoms with E-state index < -0.39 is 0 Å². The third-order valence-electron chi connectivity index (χ3n) is 2.64. The normalized spacial score (nSPS) is 11.2. The monoisotopic (exact) mass is 331 g/mol. The van der Waals surface area contributed by atoms with Crippen molar-refractivity contribution in [3.63, 3.8) is 0 Å². The molecule has 0 saturated heterocycles. The van der Waals surface area contributed by atoms with Crippen molar-refractivity contribution < 1.29 is 9.53 Å². The molecule has 19 heavy (non-hydrogen) atoms. The van der Waals surface area contributed by atoms with Gasteiger partial charge in [-0.2, -0.15) is 5.10 Å². The molecule has 0 aliphatic carbocycles. The quantitative estimate of drug-likeness (QED) is 0.514. The SMILES string of the molecule is CCCOCCC(=O)c1c(Br)cnn1CCN(C)C. The van der Waals surface area contributed by atoms with Crippen molar-refractivity contribution in [1.29, 1.82) is 0 Å². The van der Waals surface area contributed by atoms with E-state index in [9.17, 15) is 4.79 Å². The lowest BCUT2D eigenvalue weighted by molar-refractivity contribution is 0.0867. The second-order valence-electron chi connectivity index (χ2n) is 4.65. The average molecular weight is 332 g/mol. The number of ether oxygens (including phenoxy) is 1. The molecule has 1 aromatic heterocycles. The minimum Gasteiger partial charge on any atom is -0.381 e. The molecule has 0 bridgehead atoms. The Bertz CT molecular complexity index is 405. The number of carbonyl (C=O) groups is 1. The Morgan fingerprint density at radius 1 is 1.47 bits per heavy atom. The zero-order valence-corrected chi connectivity index (χ0v) is 13.4. The third kappa shape index (κ3) is 5.42. The number of likely N-dealkylation sites (N-methyl/N-ethyl adjacent to an activating group) is 1. The lowest BCUT2D eigenvalue weighted by Crippen LogP contribution is -2.22. The van der Waals surface area contributed by atoms with Crippen LogP contribution in [0.25, 0.3) is 0 Å². The molecule has 5 nitrogen and oxygen atoms in total. The molecule has 0 unspecified atom stereocenters. The predicted molar refractivity (Wildman–Crippen MR) is 78.5 cm³/mol. The minimum absolute atomic E-state index is 0.0687. The number of hydrogen-bond acceptors (Lipinski definition) is 4. The molecule has 0 aliphatic rings. The Kier molecular flexibility index (Phi) is 7.27. The molecule has 0 spiro atoms. The topological polar surface area (TPSA) is 47.4 Å². The summed E-state index contributed by atoms with van der Waals surface area (Å²) in [6.07, 6.45) is 3.04. The van der Waals surface area contributed by atoms with E-state index in [1.807, 2.05) is 14.1 Å². The second-order valence-corrected chi connectivity index (χ2v) is 5.51. The van der Waals surface area contributed by atoms with Crippen LogP contribution >= 0.6 is 15.9 Å². The highest BCUT2D eigenvalue weighted by Gasteiger charge is 2.16. The molecule has 0 saturated carbocycles. The fourth-order valence-corrected chi connectivity index (χ4v) is 2.15. The van der Waals surface area contributed by atoms with Gasteiger partial charge in [0.05, 0.1) is 23.8 Å². The number of halogens is 1. The third-order valence-corrected chi connectivity index (χ3v) is 3.22. The van der Waals surface area contributed by atoms with Gasteiger partial charge in [-0.25, -0.2) is 0 Å². The maximum atomic E-state index is 12.2. The van der Waals surface area contributed by atoms with Crippen molar-refractivity contribution in [2.45, 2.75) is 26.3 Å².